The van der Waals surface area contributed by atoms with Crippen molar-refractivity contribution < 1.29 is 14.7 Å². The molecular formula is C13H24N2O3. The molecule has 0 aromatic rings. The highest BCUT2D eigenvalue weighted by Gasteiger charge is 2.48. The Morgan fingerprint density at radius 2 is 2.06 bits per heavy atom. The third kappa shape index (κ3) is 3.02. The van der Waals surface area contributed by atoms with E-state index in [4.69, 9.17) is 5.73 Å². The van der Waals surface area contributed by atoms with Crippen LogP contribution in [0.4, 0.5) is 0 Å². The van der Waals surface area contributed by atoms with Crippen molar-refractivity contribution in [2.24, 2.45) is 17.1 Å². The number of carboxylic acids is 1. The molecule has 0 aromatic heterocycles. The summed E-state index contributed by atoms with van der Waals surface area (Å²) in [5, 5.41) is 9.39. The van der Waals surface area contributed by atoms with Crippen molar-refractivity contribution >= 4 is 11.9 Å². The standard InChI is InChI=1S/C13H24N2O3/c1-10(2)13(12(17)18)6-8-15(9-13)11(16)5-3-4-7-14/h10H,3-9,14H2,1-2H3,(H,17,18). The van der Waals surface area contributed by atoms with E-state index >= 15 is 0 Å². The Morgan fingerprint density at radius 3 is 2.50 bits per heavy atom. The van der Waals surface area contributed by atoms with Crippen molar-refractivity contribution in [1.82, 2.24) is 4.90 Å². The van der Waals surface area contributed by atoms with Gasteiger partial charge in [-0.25, -0.2) is 0 Å². The molecule has 0 radical (unpaired) electrons. The average Bonchev–Trinajstić information content (AvgIpc) is 2.75. The zero-order valence-electron chi connectivity index (χ0n) is 11.3. The van der Waals surface area contributed by atoms with Crippen molar-refractivity contribution in [2.45, 2.75) is 39.5 Å². The molecule has 0 aliphatic carbocycles. The normalized spacial score (nSPS) is 23.7. The van der Waals surface area contributed by atoms with Crippen molar-refractivity contribution in [2.75, 3.05) is 19.6 Å². The maximum Gasteiger partial charge on any atom is 0.311 e. The molecule has 1 atom stereocenters. The first-order valence-corrected chi connectivity index (χ1v) is 6.65. The second-order valence-corrected chi connectivity index (χ2v) is 5.43. The molecule has 1 aliphatic rings. The van der Waals surface area contributed by atoms with Gasteiger partial charge in [-0.15, -0.1) is 0 Å². The number of carbonyl (C=O) groups is 2. The van der Waals surface area contributed by atoms with Gasteiger partial charge in [0.15, 0.2) is 0 Å². The zero-order valence-corrected chi connectivity index (χ0v) is 11.3. The predicted octanol–water partition coefficient (Wildman–Crippen LogP) is 1.07. The molecular weight excluding hydrogens is 232 g/mol. The number of nitrogens with two attached hydrogens (primary N) is 1. The van der Waals surface area contributed by atoms with E-state index in [-0.39, 0.29) is 11.8 Å². The minimum absolute atomic E-state index is 0.0387. The fraction of sp³-hybridized carbons (Fsp3) is 0.846. The summed E-state index contributed by atoms with van der Waals surface area (Å²) in [6.45, 7) is 5.33. The van der Waals surface area contributed by atoms with E-state index in [1.54, 1.807) is 4.90 Å². The first kappa shape index (κ1) is 15.0. The van der Waals surface area contributed by atoms with Gasteiger partial charge < -0.3 is 15.7 Å². The van der Waals surface area contributed by atoms with Crippen LogP contribution in [0.3, 0.4) is 0 Å². The van der Waals surface area contributed by atoms with Crippen LogP contribution in [0.5, 0.6) is 0 Å². The highest BCUT2D eigenvalue weighted by molar-refractivity contribution is 5.80. The number of hydrogen-bond acceptors (Lipinski definition) is 3. The Balaban J connectivity index is 2.58. The van der Waals surface area contributed by atoms with Crippen LogP contribution in [0, 0.1) is 11.3 Å². The Kier molecular flexibility index (Phi) is 5.14. The molecule has 0 saturated carbocycles. The van der Waals surface area contributed by atoms with Gasteiger partial charge in [0.25, 0.3) is 0 Å². The minimum atomic E-state index is -0.783. The molecule has 1 unspecified atom stereocenters. The summed E-state index contributed by atoms with van der Waals surface area (Å²) in [7, 11) is 0. The molecule has 0 bridgehead atoms. The van der Waals surface area contributed by atoms with E-state index in [0.29, 0.717) is 32.5 Å². The topological polar surface area (TPSA) is 83.6 Å². The zero-order chi connectivity index (χ0) is 13.8. The van der Waals surface area contributed by atoms with Gasteiger partial charge in [-0.1, -0.05) is 13.8 Å². The third-order valence-electron chi connectivity index (χ3n) is 4.03. The monoisotopic (exact) mass is 256 g/mol. The number of nitrogens with zero attached hydrogens (tertiary/aromatic N) is 1. The van der Waals surface area contributed by atoms with Gasteiger partial charge in [-0.05, 0) is 31.7 Å². The summed E-state index contributed by atoms with van der Waals surface area (Å²) < 4.78 is 0. The smallest absolute Gasteiger partial charge is 0.311 e. The molecule has 104 valence electrons. The van der Waals surface area contributed by atoms with Crippen LogP contribution < -0.4 is 5.73 Å². The summed E-state index contributed by atoms with van der Waals surface area (Å²) in [4.78, 5) is 25.1. The quantitative estimate of drug-likeness (QED) is 0.696. The summed E-state index contributed by atoms with van der Waals surface area (Å²) in [5.41, 5.74) is 4.63. The molecule has 1 heterocycles. The van der Waals surface area contributed by atoms with Gasteiger partial charge in [-0.3, -0.25) is 9.59 Å². The van der Waals surface area contributed by atoms with E-state index in [0.717, 1.165) is 12.8 Å². The molecule has 1 fully saturated rings. The van der Waals surface area contributed by atoms with E-state index in [9.17, 15) is 14.7 Å². The Labute approximate surface area is 108 Å². The summed E-state index contributed by atoms with van der Waals surface area (Å²) >= 11 is 0. The van der Waals surface area contributed by atoms with Crippen molar-refractivity contribution in [3.05, 3.63) is 0 Å². The van der Waals surface area contributed by atoms with Crippen LogP contribution in [0.15, 0.2) is 0 Å². The van der Waals surface area contributed by atoms with Gasteiger partial charge in [-0.2, -0.15) is 0 Å². The number of rotatable bonds is 6. The maximum absolute atomic E-state index is 11.9. The number of carbonyl (C=O) groups excluding carboxylic acids is 1. The molecule has 0 spiro atoms. The van der Waals surface area contributed by atoms with Crippen molar-refractivity contribution in [3.63, 3.8) is 0 Å². The van der Waals surface area contributed by atoms with E-state index in [1.165, 1.54) is 0 Å². The molecule has 5 nitrogen and oxygen atoms in total. The Bertz CT molecular complexity index is 317. The lowest BCUT2D eigenvalue weighted by atomic mass is 9.76. The molecule has 5 heteroatoms. The Hall–Kier alpha value is -1.10. The largest absolute Gasteiger partial charge is 0.481 e. The van der Waals surface area contributed by atoms with Crippen LogP contribution in [0.1, 0.15) is 39.5 Å². The number of aliphatic carboxylic acids is 1. The number of amides is 1. The molecule has 1 aliphatic heterocycles. The first-order valence-electron chi connectivity index (χ1n) is 6.65. The second-order valence-electron chi connectivity index (χ2n) is 5.43. The number of unbranched alkanes of at least 4 members (excludes halogenated alkanes) is 1. The van der Waals surface area contributed by atoms with Crippen molar-refractivity contribution in [1.29, 1.82) is 0 Å². The molecule has 1 rings (SSSR count). The Morgan fingerprint density at radius 1 is 1.39 bits per heavy atom. The highest BCUT2D eigenvalue weighted by atomic mass is 16.4. The SMILES string of the molecule is CC(C)C1(C(=O)O)CCN(C(=O)CCCCN)C1. The highest BCUT2D eigenvalue weighted by Crippen LogP contribution is 2.38. The number of likely N-dealkylation sites (tertiary alicyclic amines) is 1. The molecule has 1 saturated heterocycles. The van der Waals surface area contributed by atoms with Crippen molar-refractivity contribution in [3.8, 4) is 0 Å². The van der Waals surface area contributed by atoms with Crippen LogP contribution in [0.25, 0.3) is 0 Å². The number of carboxylic acid groups (broad SMARTS) is 1. The van der Waals surface area contributed by atoms with Gasteiger partial charge >= 0.3 is 5.97 Å². The van der Waals surface area contributed by atoms with Gasteiger partial charge in [0, 0.05) is 19.5 Å². The molecule has 18 heavy (non-hydrogen) atoms. The lowest BCUT2D eigenvalue weighted by Crippen LogP contribution is -2.40. The lowest BCUT2D eigenvalue weighted by Gasteiger charge is -2.28. The fourth-order valence-electron chi connectivity index (χ4n) is 2.52. The van der Waals surface area contributed by atoms with E-state index < -0.39 is 11.4 Å². The number of hydrogen-bond donors (Lipinski definition) is 2. The second kappa shape index (κ2) is 6.18. The lowest BCUT2D eigenvalue weighted by molar-refractivity contribution is -0.151. The summed E-state index contributed by atoms with van der Waals surface area (Å²) in [5.74, 6) is -0.682. The average molecular weight is 256 g/mol. The van der Waals surface area contributed by atoms with Crippen LogP contribution in [-0.2, 0) is 9.59 Å². The van der Waals surface area contributed by atoms with E-state index in [2.05, 4.69) is 0 Å². The van der Waals surface area contributed by atoms with Crippen LogP contribution in [-0.4, -0.2) is 41.5 Å². The molecule has 1 amide bonds. The first-order chi connectivity index (χ1) is 8.44. The summed E-state index contributed by atoms with van der Waals surface area (Å²) in [6.07, 6.45) is 2.66. The molecule has 3 N–H and O–H groups in total. The minimum Gasteiger partial charge on any atom is -0.481 e. The van der Waals surface area contributed by atoms with Gasteiger partial charge in [0.05, 0.1) is 5.41 Å². The van der Waals surface area contributed by atoms with Crippen LogP contribution in [0.2, 0.25) is 0 Å². The van der Waals surface area contributed by atoms with Gasteiger partial charge in [0.1, 0.15) is 0 Å². The van der Waals surface area contributed by atoms with Crippen LogP contribution >= 0.6 is 0 Å². The maximum atomic E-state index is 11.9. The predicted molar refractivity (Wildman–Crippen MR) is 69.0 cm³/mol. The van der Waals surface area contributed by atoms with Gasteiger partial charge in [0.2, 0.25) is 5.91 Å². The molecule has 0 aromatic carbocycles. The third-order valence-corrected chi connectivity index (χ3v) is 4.03. The summed E-state index contributed by atoms with van der Waals surface area (Å²) in [6, 6.07) is 0. The fourth-order valence-corrected chi connectivity index (χ4v) is 2.52. The van der Waals surface area contributed by atoms with E-state index in [1.807, 2.05) is 13.8 Å².